The van der Waals surface area contributed by atoms with Crippen LogP contribution in [0.2, 0.25) is 0 Å². The van der Waals surface area contributed by atoms with Crippen LogP contribution in [0.1, 0.15) is 41.4 Å². The molecule has 4 aromatic rings. The lowest BCUT2D eigenvalue weighted by Gasteiger charge is -2.40. The van der Waals surface area contributed by atoms with E-state index in [-0.39, 0.29) is 11.7 Å². The topological polar surface area (TPSA) is 101 Å². The summed E-state index contributed by atoms with van der Waals surface area (Å²) in [5.41, 5.74) is 5.10. The molecule has 204 valence electrons. The quantitative estimate of drug-likeness (QED) is 0.390. The van der Waals surface area contributed by atoms with E-state index in [1.165, 1.54) is 16.8 Å². The van der Waals surface area contributed by atoms with Crippen LogP contribution in [0, 0.1) is 13.8 Å². The lowest BCUT2D eigenvalue weighted by atomic mass is 10.0. The number of hydrogen-bond acceptors (Lipinski definition) is 8. The fourth-order valence-electron chi connectivity index (χ4n) is 5.84. The lowest BCUT2D eigenvalue weighted by molar-refractivity contribution is 0.0906. The molecule has 0 radical (unpaired) electrons. The van der Waals surface area contributed by atoms with Gasteiger partial charge in [-0.2, -0.15) is 0 Å². The molecule has 10 nitrogen and oxygen atoms in total. The number of hydrogen-bond donors (Lipinski definition) is 1. The third-order valence-electron chi connectivity index (χ3n) is 8.18. The molecular weight excluding hydrogens is 494 g/mol. The highest BCUT2D eigenvalue weighted by Gasteiger charge is 2.34. The number of anilines is 1. The Hall–Kier alpha value is -3.76. The van der Waals surface area contributed by atoms with Crippen LogP contribution < -0.4 is 15.2 Å². The third-order valence-corrected chi connectivity index (χ3v) is 8.18. The molecule has 2 aromatic heterocycles. The highest BCUT2D eigenvalue weighted by atomic mass is 16.5. The van der Waals surface area contributed by atoms with E-state index in [2.05, 4.69) is 62.4 Å². The largest absolute Gasteiger partial charge is 0.497 e. The number of tetrazole rings is 1. The van der Waals surface area contributed by atoms with Crippen LogP contribution in [0.25, 0.3) is 10.9 Å². The molecule has 0 saturated carbocycles. The molecule has 0 unspecified atom stereocenters. The number of aryl methyl sites for hydroxylation is 1. The van der Waals surface area contributed by atoms with Gasteiger partial charge in [-0.05, 0) is 77.9 Å². The molecule has 2 aromatic carbocycles. The molecular formula is C29H35N7O3. The molecule has 2 fully saturated rings. The van der Waals surface area contributed by atoms with E-state index in [4.69, 9.17) is 9.47 Å². The van der Waals surface area contributed by atoms with Crippen molar-refractivity contribution in [2.24, 2.45) is 0 Å². The third kappa shape index (κ3) is 5.02. The van der Waals surface area contributed by atoms with E-state index in [0.29, 0.717) is 23.7 Å². The molecule has 4 heterocycles. The molecule has 2 atom stereocenters. The van der Waals surface area contributed by atoms with E-state index in [1.54, 1.807) is 7.11 Å². The SMILES string of the molecule is COc1ccc2cc([C@@H](c3nnnn3C[C@@H]3CCCO3)N3CCN(c4cccc(C)c4C)CC3)c(=O)[nH]c2c1. The molecule has 39 heavy (non-hydrogen) atoms. The Morgan fingerprint density at radius 2 is 1.97 bits per heavy atom. The molecule has 6 rings (SSSR count). The minimum absolute atomic E-state index is 0.0800. The molecule has 1 N–H and O–H groups in total. The van der Waals surface area contributed by atoms with E-state index < -0.39 is 6.04 Å². The van der Waals surface area contributed by atoms with E-state index >= 15 is 0 Å². The predicted octanol–water partition coefficient (Wildman–Crippen LogP) is 3.23. The summed E-state index contributed by atoms with van der Waals surface area (Å²) >= 11 is 0. The Morgan fingerprint density at radius 1 is 1.13 bits per heavy atom. The summed E-state index contributed by atoms with van der Waals surface area (Å²) < 4.78 is 13.1. The normalized spacial score (nSPS) is 19.1. The average molecular weight is 530 g/mol. The van der Waals surface area contributed by atoms with Gasteiger partial charge >= 0.3 is 0 Å². The maximum Gasteiger partial charge on any atom is 0.253 e. The number of rotatable bonds is 7. The molecule has 0 aliphatic carbocycles. The number of nitrogens with one attached hydrogen (secondary N) is 1. The zero-order valence-corrected chi connectivity index (χ0v) is 22.8. The predicted molar refractivity (Wildman–Crippen MR) is 149 cm³/mol. The molecule has 0 spiro atoms. The first kappa shape index (κ1) is 25.5. The van der Waals surface area contributed by atoms with Gasteiger partial charge in [-0.3, -0.25) is 9.69 Å². The van der Waals surface area contributed by atoms with Gasteiger partial charge < -0.3 is 19.4 Å². The zero-order valence-electron chi connectivity index (χ0n) is 22.8. The molecule has 10 heteroatoms. The summed E-state index contributed by atoms with van der Waals surface area (Å²) in [5, 5.41) is 13.8. The number of ether oxygens (including phenoxy) is 2. The number of fused-ring (bicyclic) bond motifs is 1. The van der Waals surface area contributed by atoms with Crippen molar-refractivity contribution in [3.05, 3.63) is 75.3 Å². The van der Waals surface area contributed by atoms with Gasteiger partial charge in [0.2, 0.25) is 0 Å². The fraction of sp³-hybridized carbons (Fsp3) is 0.448. The Kier molecular flexibility index (Phi) is 7.05. The van der Waals surface area contributed by atoms with Gasteiger partial charge in [0.05, 0.1) is 25.3 Å². The summed E-state index contributed by atoms with van der Waals surface area (Å²) in [6, 6.07) is 13.8. The van der Waals surface area contributed by atoms with Gasteiger partial charge in [-0.15, -0.1) is 5.10 Å². The molecule has 2 aliphatic rings. The van der Waals surface area contributed by atoms with Crippen molar-refractivity contribution >= 4 is 16.6 Å². The first-order valence-electron chi connectivity index (χ1n) is 13.7. The Labute approximate surface area is 227 Å². The highest BCUT2D eigenvalue weighted by molar-refractivity contribution is 5.80. The number of H-pyrrole nitrogens is 1. The smallest absolute Gasteiger partial charge is 0.253 e. The summed E-state index contributed by atoms with van der Waals surface area (Å²) in [7, 11) is 1.62. The summed E-state index contributed by atoms with van der Waals surface area (Å²) in [6.07, 6.45) is 2.10. The second-order valence-electron chi connectivity index (χ2n) is 10.5. The van der Waals surface area contributed by atoms with Gasteiger partial charge in [0.1, 0.15) is 11.8 Å². The van der Waals surface area contributed by atoms with Crippen molar-refractivity contribution in [2.45, 2.75) is 45.4 Å². The van der Waals surface area contributed by atoms with Crippen molar-refractivity contribution in [1.29, 1.82) is 0 Å². The molecule has 2 saturated heterocycles. The van der Waals surface area contributed by atoms with Crippen molar-refractivity contribution in [1.82, 2.24) is 30.1 Å². The monoisotopic (exact) mass is 529 g/mol. The zero-order chi connectivity index (χ0) is 26.9. The van der Waals surface area contributed by atoms with Crippen molar-refractivity contribution in [2.75, 3.05) is 44.8 Å². The fourth-order valence-corrected chi connectivity index (χ4v) is 5.84. The Balaban J connectivity index is 1.36. The van der Waals surface area contributed by atoms with Gasteiger partial charge in [-0.1, -0.05) is 12.1 Å². The van der Waals surface area contributed by atoms with Crippen LogP contribution in [0.4, 0.5) is 5.69 Å². The number of aromatic nitrogens is 5. The van der Waals surface area contributed by atoms with Gasteiger partial charge in [-0.25, -0.2) is 4.68 Å². The first-order chi connectivity index (χ1) is 19.0. The van der Waals surface area contributed by atoms with Crippen LogP contribution in [0.15, 0.2) is 47.3 Å². The highest BCUT2D eigenvalue weighted by Crippen LogP contribution is 2.31. The number of nitrogens with zero attached hydrogens (tertiary/aromatic N) is 6. The molecule has 0 bridgehead atoms. The number of pyridine rings is 1. The van der Waals surface area contributed by atoms with E-state index in [0.717, 1.165) is 56.5 Å². The van der Waals surface area contributed by atoms with E-state index in [9.17, 15) is 4.79 Å². The minimum atomic E-state index is -0.391. The second-order valence-corrected chi connectivity index (χ2v) is 10.5. The van der Waals surface area contributed by atoms with Gasteiger partial charge in [0, 0.05) is 50.1 Å². The number of methoxy groups -OCH3 is 1. The average Bonchev–Trinajstić information content (AvgIpc) is 3.64. The summed E-state index contributed by atoms with van der Waals surface area (Å²) in [4.78, 5) is 21.4. The second kappa shape index (κ2) is 10.8. The Morgan fingerprint density at radius 3 is 2.74 bits per heavy atom. The van der Waals surface area contributed by atoms with Gasteiger partial charge in [0.15, 0.2) is 5.82 Å². The maximum absolute atomic E-state index is 13.6. The van der Waals surface area contributed by atoms with Gasteiger partial charge in [0.25, 0.3) is 5.56 Å². The number of piperazine rings is 1. The first-order valence-corrected chi connectivity index (χ1v) is 13.7. The van der Waals surface area contributed by atoms with Crippen LogP contribution in [-0.4, -0.2) is 76.1 Å². The van der Waals surface area contributed by atoms with Crippen molar-refractivity contribution in [3.63, 3.8) is 0 Å². The number of aromatic amines is 1. The number of benzene rings is 2. The van der Waals surface area contributed by atoms with Crippen LogP contribution >= 0.6 is 0 Å². The summed E-state index contributed by atoms with van der Waals surface area (Å²) in [6.45, 7) is 8.90. The minimum Gasteiger partial charge on any atom is -0.497 e. The van der Waals surface area contributed by atoms with Crippen LogP contribution in [0.5, 0.6) is 5.75 Å². The molecule has 2 aliphatic heterocycles. The Bertz CT molecular complexity index is 1520. The van der Waals surface area contributed by atoms with Crippen LogP contribution in [0.3, 0.4) is 0 Å². The summed E-state index contributed by atoms with van der Waals surface area (Å²) in [5.74, 6) is 1.37. The molecule has 0 amide bonds. The van der Waals surface area contributed by atoms with Crippen molar-refractivity contribution < 1.29 is 9.47 Å². The van der Waals surface area contributed by atoms with Crippen LogP contribution in [-0.2, 0) is 11.3 Å². The standard InChI is InChI=1S/C29H35N7O3/c1-19-6-4-8-26(20(19)2)34-11-13-35(14-12-34)27(28-31-32-33-36(28)18-23-7-5-15-39-23)24-16-21-9-10-22(38-3)17-25(21)30-29(24)37/h4,6,8-10,16-17,23,27H,5,7,11-15,18H2,1-3H3,(H,30,37)/t23-,27-/m0/s1. The lowest BCUT2D eigenvalue weighted by Crippen LogP contribution is -2.49. The van der Waals surface area contributed by atoms with E-state index in [1.807, 2.05) is 28.9 Å². The van der Waals surface area contributed by atoms with Crippen molar-refractivity contribution in [3.8, 4) is 5.75 Å². The maximum atomic E-state index is 13.6.